The van der Waals surface area contributed by atoms with Gasteiger partial charge in [0, 0.05) is 37.3 Å². The van der Waals surface area contributed by atoms with Crippen LogP contribution in [0.25, 0.3) is 5.65 Å². The van der Waals surface area contributed by atoms with E-state index in [0.29, 0.717) is 29.8 Å². The van der Waals surface area contributed by atoms with Gasteiger partial charge in [0.2, 0.25) is 23.7 Å². The lowest BCUT2D eigenvalue weighted by Gasteiger charge is -2.28. The van der Waals surface area contributed by atoms with Gasteiger partial charge in [-0.2, -0.15) is 19.6 Å². The first-order valence-corrected chi connectivity index (χ1v) is 20.5. The summed E-state index contributed by atoms with van der Waals surface area (Å²) in [5.74, 6) is -1.69. The van der Waals surface area contributed by atoms with Crippen molar-refractivity contribution in [3.8, 4) is 11.8 Å². The van der Waals surface area contributed by atoms with Gasteiger partial charge >= 0.3 is 6.01 Å². The second-order valence-corrected chi connectivity index (χ2v) is 15.3. The summed E-state index contributed by atoms with van der Waals surface area (Å²) in [6, 6.07) is 11.4. The summed E-state index contributed by atoms with van der Waals surface area (Å²) >= 11 is 0. The lowest BCUT2D eigenvalue weighted by atomic mass is 10.0. The highest BCUT2D eigenvalue weighted by Gasteiger charge is 2.46. The van der Waals surface area contributed by atoms with Crippen LogP contribution in [0.3, 0.4) is 0 Å². The zero-order valence-electron chi connectivity index (χ0n) is 34.5. The number of hydrogen-bond acceptors (Lipinski definition) is 15. The monoisotopic (exact) mass is 841 g/mol. The fourth-order valence-corrected chi connectivity index (χ4v) is 7.20. The van der Waals surface area contributed by atoms with E-state index in [9.17, 15) is 24.0 Å². The highest BCUT2D eigenvalue weighted by atomic mass is 16.6. The van der Waals surface area contributed by atoms with Crippen molar-refractivity contribution in [2.24, 2.45) is 0 Å². The third-order valence-electron chi connectivity index (χ3n) is 10.5. The van der Waals surface area contributed by atoms with Crippen LogP contribution in [0.1, 0.15) is 77.3 Å². The lowest BCUT2D eigenvalue weighted by molar-refractivity contribution is -0.136. The van der Waals surface area contributed by atoms with Gasteiger partial charge in [-0.15, -0.1) is 0 Å². The summed E-state index contributed by atoms with van der Waals surface area (Å²) < 4.78 is 30.3. The number of benzene rings is 2. The fourth-order valence-electron chi connectivity index (χ4n) is 7.20. The largest absolute Gasteiger partial charge is 0.490 e. The number of ether oxygens (including phenoxy) is 5. The van der Waals surface area contributed by atoms with E-state index in [2.05, 4.69) is 51.8 Å². The molecule has 0 aliphatic carbocycles. The van der Waals surface area contributed by atoms with Crippen molar-refractivity contribution in [3.05, 3.63) is 70.9 Å². The maximum absolute atomic E-state index is 13.2. The Kier molecular flexibility index (Phi) is 14.1. The predicted molar refractivity (Wildman–Crippen MR) is 219 cm³/mol. The van der Waals surface area contributed by atoms with Gasteiger partial charge in [0.1, 0.15) is 31.1 Å². The molecule has 1 unspecified atom stereocenters. The number of carbonyl (C=O) groups excluding carboxylic acids is 5. The van der Waals surface area contributed by atoms with Crippen LogP contribution >= 0.6 is 0 Å². The van der Waals surface area contributed by atoms with Crippen molar-refractivity contribution in [2.45, 2.75) is 64.1 Å². The lowest BCUT2D eigenvalue weighted by Crippen LogP contribution is -2.54. The molecule has 19 nitrogen and oxygen atoms in total. The standard InChI is InChI=1S/C42H51N9O10/c1-26(2)31-24-44-51-37(31)47-42(61-29-13-15-49(3)16-14-29)48-41(51)43-23-27-7-9-28(10-8-27)45-35(53)25-59-20-19-57-17-18-58-21-22-60-33-6-4-5-30-36(33)40(56)50(39(30)55)32-11-12-34(52)46-38(32)54/h4-10,24,26,29,32H,11-23,25H2,1-3H3,(H,45,53)(H,43,47,48)(H,46,52,54). The van der Waals surface area contributed by atoms with Gasteiger partial charge in [-0.3, -0.25) is 34.2 Å². The second kappa shape index (κ2) is 20.0. The summed E-state index contributed by atoms with van der Waals surface area (Å²) in [4.78, 5) is 75.2. The Hall–Kier alpha value is -6.02. The average Bonchev–Trinajstić information content (AvgIpc) is 3.79. The van der Waals surface area contributed by atoms with Crippen molar-refractivity contribution in [1.82, 2.24) is 34.7 Å². The highest BCUT2D eigenvalue weighted by Crippen LogP contribution is 2.33. The maximum atomic E-state index is 13.2. The maximum Gasteiger partial charge on any atom is 0.322 e. The van der Waals surface area contributed by atoms with Crippen molar-refractivity contribution in [1.29, 1.82) is 0 Å². The van der Waals surface area contributed by atoms with Gasteiger partial charge in [0.25, 0.3) is 11.8 Å². The average molecular weight is 842 g/mol. The third-order valence-corrected chi connectivity index (χ3v) is 10.5. The van der Waals surface area contributed by atoms with E-state index in [1.54, 1.807) is 16.6 Å². The summed E-state index contributed by atoms with van der Waals surface area (Å²) in [5, 5.41) is 12.9. The molecular formula is C42H51N9O10. The van der Waals surface area contributed by atoms with Gasteiger partial charge in [-0.25, -0.2) is 0 Å². The molecule has 0 saturated carbocycles. The van der Waals surface area contributed by atoms with E-state index < -0.39 is 29.7 Å². The van der Waals surface area contributed by atoms with Crippen molar-refractivity contribution < 1.29 is 47.7 Å². The molecule has 324 valence electrons. The number of piperidine rings is 2. The number of likely N-dealkylation sites (tertiary alicyclic amines) is 1. The quantitative estimate of drug-likeness (QED) is 0.0862. The molecule has 7 rings (SSSR count). The first-order valence-electron chi connectivity index (χ1n) is 20.5. The summed E-state index contributed by atoms with van der Waals surface area (Å²) in [6.07, 6.45) is 3.82. The molecule has 5 amide bonds. The molecule has 2 fully saturated rings. The number of anilines is 2. The first-order chi connectivity index (χ1) is 29.5. The van der Waals surface area contributed by atoms with Crippen molar-refractivity contribution in [3.63, 3.8) is 0 Å². The molecule has 0 spiro atoms. The topological polar surface area (TPSA) is 217 Å². The number of aromatic nitrogens is 4. The third kappa shape index (κ3) is 10.7. The minimum atomic E-state index is -1.06. The Morgan fingerprint density at radius 3 is 2.33 bits per heavy atom. The van der Waals surface area contributed by atoms with Crippen LogP contribution in [-0.4, -0.2) is 137 Å². The molecule has 2 aromatic carbocycles. The van der Waals surface area contributed by atoms with Crippen LogP contribution < -0.4 is 25.4 Å². The van der Waals surface area contributed by atoms with Crippen molar-refractivity contribution in [2.75, 3.05) is 77.0 Å². The van der Waals surface area contributed by atoms with Crippen LogP contribution in [0, 0.1) is 0 Å². The molecule has 2 saturated heterocycles. The number of hydrogen-bond donors (Lipinski definition) is 3. The molecule has 61 heavy (non-hydrogen) atoms. The number of amides is 5. The molecule has 0 bridgehead atoms. The zero-order chi connectivity index (χ0) is 42.9. The Morgan fingerprint density at radius 2 is 1.61 bits per heavy atom. The smallest absolute Gasteiger partial charge is 0.322 e. The molecule has 2 aromatic heterocycles. The molecule has 3 aliphatic heterocycles. The number of fused-ring (bicyclic) bond motifs is 2. The highest BCUT2D eigenvalue weighted by molar-refractivity contribution is 6.24. The molecule has 5 heterocycles. The van der Waals surface area contributed by atoms with Crippen LogP contribution in [0.4, 0.5) is 11.6 Å². The molecule has 0 radical (unpaired) electrons. The normalized spacial score (nSPS) is 17.2. The van der Waals surface area contributed by atoms with E-state index in [4.69, 9.17) is 28.7 Å². The molecule has 1 atom stereocenters. The molecule has 3 N–H and O–H groups in total. The Balaban J connectivity index is 0.765. The van der Waals surface area contributed by atoms with Crippen LogP contribution in [0.15, 0.2) is 48.7 Å². The number of nitrogens with zero attached hydrogens (tertiary/aromatic N) is 6. The van der Waals surface area contributed by atoms with Gasteiger partial charge < -0.3 is 39.2 Å². The first kappa shape index (κ1) is 43.1. The molecule has 3 aliphatic rings. The fraction of sp³-hybridized carbons (Fsp3) is 0.476. The van der Waals surface area contributed by atoms with Gasteiger partial charge in [-0.05, 0) is 62.1 Å². The number of carbonyl (C=O) groups is 5. The van der Waals surface area contributed by atoms with Crippen LogP contribution in [0.2, 0.25) is 0 Å². The minimum absolute atomic E-state index is 0.0368. The van der Waals surface area contributed by atoms with Gasteiger partial charge in [0.15, 0.2) is 5.65 Å². The van der Waals surface area contributed by atoms with Crippen LogP contribution in [-0.2, 0) is 35.1 Å². The van der Waals surface area contributed by atoms with Crippen LogP contribution in [0.5, 0.6) is 11.8 Å². The van der Waals surface area contributed by atoms with E-state index in [1.807, 2.05) is 30.5 Å². The second-order valence-electron chi connectivity index (χ2n) is 15.3. The molecule has 4 aromatic rings. The van der Waals surface area contributed by atoms with E-state index in [1.165, 1.54) is 6.07 Å². The van der Waals surface area contributed by atoms with E-state index in [-0.39, 0.29) is 93.9 Å². The Bertz CT molecular complexity index is 2220. The molecular weight excluding hydrogens is 791 g/mol. The number of imide groups is 2. The Morgan fingerprint density at radius 1 is 0.885 bits per heavy atom. The summed E-state index contributed by atoms with van der Waals surface area (Å²) in [7, 11) is 2.11. The number of nitrogens with one attached hydrogen (secondary N) is 3. The molecule has 19 heteroatoms. The van der Waals surface area contributed by atoms with Gasteiger partial charge in [0.05, 0.1) is 50.4 Å². The van der Waals surface area contributed by atoms with Gasteiger partial charge in [-0.1, -0.05) is 32.0 Å². The minimum Gasteiger partial charge on any atom is -0.490 e. The summed E-state index contributed by atoms with van der Waals surface area (Å²) in [6.45, 7) is 7.75. The van der Waals surface area contributed by atoms with E-state index >= 15 is 0 Å². The number of rotatable bonds is 20. The van der Waals surface area contributed by atoms with E-state index in [0.717, 1.165) is 42.0 Å². The summed E-state index contributed by atoms with van der Waals surface area (Å²) in [5.41, 5.74) is 3.55. The SMILES string of the molecule is CC(C)c1cnn2c(NCc3ccc(NC(=O)COCCOCCOCCOc4cccc5c4C(=O)N(C4CCC(=O)NC4=O)C5=O)cc3)nc(OC3CCN(C)CC3)nc12. The zero-order valence-corrected chi connectivity index (χ0v) is 34.5. The predicted octanol–water partition coefficient (Wildman–Crippen LogP) is 2.80. The van der Waals surface area contributed by atoms with Crippen molar-refractivity contribution >= 4 is 46.8 Å². The Labute approximate surface area is 352 Å².